The lowest BCUT2D eigenvalue weighted by Gasteiger charge is -2.09. The van der Waals surface area contributed by atoms with Gasteiger partial charge in [-0.2, -0.15) is 5.26 Å². The molecule has 0 saturated heterocycles. The molecule has 1 N–H and O–H groups in total. The van der Waals surface area contributed by atoms with E-state index >= 15 is 0 Å². The zero-order valence-corrected chi connectivity index (χ0v) is 9.25. The van der Waals surface area contributed by atoms with Crippen LogP contribution in [0.1, 0.15) is 6.92 Å². The maximum Gasteiger partial charge on any atom is 0.237 e. The lowest BCUT2D eigenvalue weighted by atomic mass is 10.3. The second-order valence-electron chi connectivity index (χ2n) is 2.97. The summed E-state index contributed by atoms with van der Waals surface area (Å²) in [6.45, 7) is 1.79. The summed E-state index contributed by atoms with van der Waals surface area (Å²) in [5.74, 6) is 0.269. The number of anilines is 1. The number of nitriles is 1. The number of carbonyl (C=O) groups is 1. The molecule has 0 heterocycles. The predicted octanol–water partition coefficient (Wildman–Crippen LogP) is 2.27. The Hall–Kier alpha value is -1.47. The minimum atomic E-state index is -0.204. The van der Waals surface area contributed by atoms with E-state index in [1.165, 1.54) is 11.8 Å². The first kappa shape index (κ1) is 11.6. The number of hydrogen-bond acceptors (Lipinski definition) is 3. The minimum absolute atomic E-state index is 0.0681. The molecule has 0 saturated carbocycles. The van der Waals surface area contributed by atoms with E-state index < -0.39 is 0 Å². The molecule has 0 bridgehead atoms. The van der Waals surface area contributed by atoms with Gasteiger partial charge in [-0.3, -0.25) is 4.79 Å². The number of hydrogen-bond donors (Lipinski definition) is 1. The van der Waals surface area contributed by atoms with E-state index in [0.717, 1.165) is 5.69 Å². The molecule has 0 radical (unpaired) electrons. The molecular weight excluding hydrogens is 208 g/mol. The molecule has 1 rings (SSSR count). The second kappa shape index (κ2) is 6.10. The Kier molecular flexibility index (Phi) is 4.72. The Morgan fingerprint density at radius 2 is 2.20 bits per heavy atom. The standard InChI is InChI=1S/C11H12N2OS/c1-9(15-8-7-12)11(14)13-10-5-3-2-4-6-10/h2-6,9H,8H2,1H3,(H,13,14). The van der Waals surface area contributed by atoms with E-state index in [4.69, 9.17) is 5.26 Å². The van der Waals surface area contributed by atoms with Gasteiger partial charge in [0.05, 0.1) is 17.1 Å². The van der Waals surface area contributed by atoms with Crippen LogP contribution in [0.15, 0.2) is 30.3 Å². The van der Waals surface area contributed by atoms with E-state index in [1.807, 2.05) is 36.4 Å². The third-order valence-corrected chi connectivity index (χ3v) is 2.82. The summed E-state index contributed by atoms with van der Waals surface area (Å²) in [5, 5.41) is 11.0. The molecule has 4 heteroatoms. The van der Waals surface area contributed by atoms with Crippen LogP contribution in [0.3, 0.4) is 0 Å². The number of benzene rings is 1. The lowest BCUT2D eigenvalue weighted by molar-refractivity contribution is -0.115. The lowest BCUT2D eigenvalue weighted by Crippen LogP contribution is -2.22. The predicted molar refractivity (Wildman–Crippen MR) is 62.6 cm³/mol. The molecule has 1 aromatic rings. The Labute approximate surface area is 93.5 Å². The first-order chi connectivity index (χ1) is 7.24. The summed E-state index contributed by atoms with van der Waals surface area (Å²) in [5.41, 5.74) is 0.784. The third kappa shape index (κ3) is 4.05. The van der Waals surface area contributed by atoms with Crippen molar-refractivity contribution in [1.82, 2.24) is 0 Å². The van der Waals surface area contributed by atoms with Crippen LogP contribution < -0.4 is 5.32 Å². The summed E-state index contributed by atoms with van der Waals surface area (Å²) in [6, 6.07) is 11.3. The monoisotopic (exact) mass is 220 g/mol. The molecule has 15 heavy (non-hydrogen) atoms. The van der Waals surface area contributed by atoms with Gasteiger partial charge in [-0.15, -0.1) is 11.8 Å². The van der Waals surface area contributed by atoms with E-state index in [1.54, 1.807) is 6.92 Å². The van der Waals surface area contributed by atoms with E-state index in [-0.39, 0.29) is 11.2 Å². The number of nitrogens with zero attached hydrogens (tertiary/aromatic N) is 1. The molecule has 1 aromatic carbocycles. The Morgan fingerprint density at radius 3 is 2.80 bits per heavy atom. The first-order valence-corrected chi connectivity index (χ1v) is 5.63. The van der Waals surface area contributed by atoms with Crippen molar-refractivity contribution >= 4 is 23.4 Å². The van der Waals surface area contributed by atoms with Gasteiger partial charge in [0, 0.05) is 5.69 Å². The van der Waals surface area contributed by atoms with Crippen molar-refractivity contribution in [3.05, 3.63) is 30.3 Å². The van der Waals surface area contributed by atoms with Crippen LogP contribution >= 0.6 is 11.8 Å². The maximum absolute atomic E-state index is 11.6. The molecule has 0 aromatic heterocycles. The summed E-state index contributed by atoms with van der Waals surface area (Å²) in [6.07, 6.45) is 0. The fraction of sp³-hybridized carbons (Fsp3) is 0.273. The summed E-state index contributed by atoms with van der Waals surface area (Å²) in [7, 11) is 0. The van der Waals surface area contributed by atoms with Gasteiger partial charge >= 0.3 is 0 Å². The van der Waals surface area contributed by atoms with Crippen LogP contribution in [0.2, 0.25) is 0 Å². The SMILES string of the molecule is CC(SCC#N)C(=O)Nc1ccccc1. The zero-order valence-electron chi connectivity index (χ0n) is 8.43. The number of para-hydroxylation sites is 1. The van der Waals surface area contributed by atoms with Crippen molar-refractivity contribution < 1.29 is 4.79 Å². The van der Waals surface area contributed by atoms with Crippen LogP contribution in [0.25, 0.3) is 0 Å². The highest BCUT2D eigenvalue weighted by atomic mass is 32.2. The first-order valence-electron chi connectivity index (χ1n) is 4.58. The van der Waals surface area contributed by atoms with E-state index in [9.17, 15) is 4.79 Å². The molecule has 0 spiro atoms. The highest BCUT2D eigenvalue weighted by Crippen LogP contribution is 2.13. The number of thioether (sulfide) groups is 1. The van der Waals surface area contributed by atoms with Gasteiger partial charge in [-0.1, -0.05) is 18.2 Å². The summed E-state index contributed by atoms with van der Waals surface area (Å²) < 4.78 is 0. The van der Waals surface area contributed by atoms with Crippen LogP contribution in [0.5, 0.6) is 0 Å². The molecule has 0 fully saturated rings. The Morgan fingerprint density at radius 1 is 1.53 bits per heavy atom. The highest BCUT2D eigenvalue weighted by Gasteiger charge is 2.12. The fourth-order valence-electron chi connectivity index (χ4n) is 1.00. The van der Waals surface area contributed by atoms with Gasteiger partial charge in [-0.05, 0) is 19.1 Å². The molecule has 78 valence electrons. The molecule has 1 atom stereocenters. The largest absolute Gasteiger partial charge is 0.325 e. The van der Waals surface area contributed by atoms with E-state index in [0.29, 0.717) is 5.75 Å². The normalized spacial score (nSPS) is 11.5. The van der Waals surface area contributed by atoms with Crippen LogP contribution in [0.4, 0.5) is 5.69 Å². The van der Waals surface area contributed by atoms with Gasteiger partial charge in [0.15, 0.2) is 0 Å². The van der Waals surface area contributed by atoms with Crippen LogP contribution in [-0.2, 0) is 4.79 Å². The average Bonchev–Trinajstić information content (AvgIpc) is 2.27. The van der Waals surface area contributed by atoms with Crippen molar-refractivity contribution in [2.24, 2.45) is 0 Å². The summed E-state index contributed by atoms with van der Waals surface area (Å²) >= 11 is 1.33. The number of carbonyl (C=O) groups excluding carboxylic acids is 1. The Balaban J connectivity index is 2.46. The van der Waals surface area contributed by atoms with Crippen molar-refractivity contribution in [3.8, 4) is 6.07 Å². The van der Waals surface area contributed by atoms with Gasteiger partial charge in [0.2, 0.25) is 5.91 Å². The van der Waals surface area contributed by atoms with Crippen molar-refractivity contribution in [1.29, 1.82) is 5.26 Å². The van der Waals surface area contributed by atoms with Gasteiger partial charge in [0.1, 0.15) is 0 Å². The zero-order chi connectivity index (χ0) is 11.1. The third-order valence-electron chi connectivity index (χ3n) is 1.81. The van der Waals surface area contributed by atoms with Gasteiger partial charge in [-0.25, -0.2) is 0 Å². The van der Waals surface area contributed by atoms with Crippen molar-refractivity contribution in [2.45, 2.75) is 12.2 Å². The van der Waals surface area contributed by atoms with Crippen LogP contribution in [-0.4, -0.2) is 16.9 Å². The van der Waals surface area contributed by atoms with Gasteiger partial charge in [0.25, 0.3) is 0 Å². The van der Waals surface area contributed by atoms with E-state index in [2.05, 4.69) is 5.32 Å². The summed E-state index contributed by atoms with van der Waals surface area (Å²) in [4.78, 5) is 11.6. The molecule has 3 nitrogen and oxygen atoms in total. The fourth-order valence-corrected chi connectivity index (χ4v) is 1.54. The molecule has 0 aliphatic carbocycles. The molecule has 0 aliphatic rings. The quantitative estimate of drug-likeness (QED) is 0.846. The second-order valence-corrected chi connectivity index (χ2v) is 4.30. The highest BCUT2D eigenvalue weighted by molar-refractivity contribution is 8.00. The van der Waals surface area contributed by atoms with Gasteiger partial charge < -0.3 is 5.32 Å². The van der Waals surface area contributed by atoms with Crippen molar-refractivity contribution in [3.63, 3.8) is 0 Å². The topological polar surface area (TPSA) is 52.9 Å². The van der Waals surface area contributed by atoms with Crippen molar-refractivity contribution in [2.75, 3.05) is 11.1 Å². The Bertz CT molecular complexity index is 359. The maximum atomic E-state index is 11.6. The number of nitrogens with one attached hydrogen (secondary N) is 1. The number of amides is 1. The average molecular weight is 220 g/mol. The smallest absolute Gasteiger partial charge is 0.237 e. The molecule has 1 amide bonds. The minimum Gasteiger partial charge on any atom is -0.325 e. The molecule has 0 aliphatic heterocycles. The van der Waals surface area contributed by atoms with Crippen LogP contribution in [0, 0.1) is 11.3 Å². The number of rotatable bonds is 4. The molecule has 1 unspecified atom stereocenters. The molecular formula is C11H12N2OS.